The Balaban J connectivity index is 0.00000312. The van der Waals surface area contributed by atoms with Crippen LogP contribution in [0.4, 0.5) is 0 Å². The molecule has 25 heavy (non-hydrogen) atoms. The maximum absolute atomic E-state index is 5.32. The molecule has 0 aliphatic rings. The first-order chi connectivity index (χ1) is 11.6. The van der Waals surface area contributed by atoms with Gasteiger partial charge in [0, 0.05) is 31.0 Å². The Morgan fingerprint density at radius 2 is 2.08 bits per heavy atom. The molecule has 0 aromatic carbocycles. The summed E-state index contributed by atoms with van der Waals surface area (Å²) in [5.41, 5.74) is 3.21. The van der Waals surface area contributed by atoms with Gasteiger partial charge >= 0.3 is 0 Å². The van der Waals surface area contributed by atoms with Gasteiger partial charge in [-0.2, -0.15) is 0 Å². The molecule has 0 spiro atoms. The van der Waals surface area contributed by atoms with Crippen molar-refractivity contribution in [3.8, 4) is 0 Å². The summed E-state index contributed by atoms with van der Waals surface area (Å²) in [7, 11) is 0. The Morgan fingerprint density at radius 3 is 2.68 bits per heavy atom. The fraction of sp³-hybridized carbons (Fsp3) is 0.500. The van der Waals surface area contributed by atoms with Crippen molar-refractivity contribution in [3.05, 3.63) is 47.1 Å². The molecule has 0 aliphatic carbocycles. The molecule has 2 aromatic rings. The minimum atomic E-state index is 0. The van der Waals surface area contributed by atoms with Crippen LogP contribution in [0.2, 0.25) is 0 Å². The molecule has 6 nitrogen and oxygen atoms in total. The van der Waals surface area contributed by atoms with Gasteiger partial charge in [0.2, 0.25) is 0 Å². The van der Waals surface area contributed by atoms with Crippen LogP contribution in [0.5, 0.6) is 0 Å². The summed E-state index contributed by atoms with van der Waals surface area (Å²) in [4.78, 5) is 8.86. The van der Waals surface area contributed by atoms with Crippen molar-refractivity contribution < 1.29 is 4.52 Å². The molecule has 138 valence electrons. The molecule has 2 rings (SSSR count). The van der Waals surface area contributed by atoms with E-state index in [4.69, 9.17) is 4.52 Å². The molecule has 0 fully saturated rings. The minimum absolute atomic E-state index is 0. The summed E-state index contributed by atoms with van der Waals surface area (Å²) in [6.07, 6.45) is 2.82. The lowest BCUT2D eigenvalue weighted by atomic mass is 10.1. The number of nitrogens with one attached hydrogen (secondary N) is 2. The summed E-state index contributed by atoms with van der Waals surface area (Å²) < 4.78 is 5.32. The highest BCUT2D eigenvalue weighted by Gasteiger charge is 2.07. The van der Waals surface area contributed by atoms with Crippen LogP contribution >= 0.6 is 24.0 Å². The molecule has 7 heteroatoms. The lowest BCUT2D eigenvalue weighted by Gasteiger charge is -2.10. The van der Waals surface area contributed by atoms with Gasteiger partial charge in [-0.15, -0.1) is 24.0 Å². The monoisotopic (exact) mass is 457 g/mol. The molecular formula is C18H28IN5O. The Bertz CT molecular complexity index is 652. The average molecular weight is 457 g/mol. The number of hydrogen-bond acceptors (Lipinski definition) is 4. The zero-order valence-electron chi connectivity index (χ0n) is 15.4. The first kappa shape index (κ1) is 21.4. The van der Waals surface area contributed by atoms with Crippen LogP contribution in [0.1, 0.15) is 49.4 Å². The number of aliphatic imine (C=N–C) groups is 1. The highest BCUT2D eigenvalue weighted by atomic mass is 127. The Labute approximate surface area is 166 Å². The minimum Gasteiger partial charge on any atom is -0.359 e. The standard InChI is InChI=1S/C18H27N5O.HI/c1-5-19-18(20-9-8-15-7-6-14(4)21-11-15)22-12-16-10-17(13(2)3)23-24-16;/h6-7,10-11,13H,5,8-9,12H2,1-4H3,(H2,19,20,22);1H. The molecule has 0 amide bonds. The highest BCUT2D eigenvalue weighted by Crippen LogP contribution is 2.14. The van der Waals surface area contributed by atoms with Crippen LogP contribution in [0, 0.1) is 6.92 Å². The molecule has 0 unspecified atom stereocenters. The van der Waals surface area contributed by atoms with E-state index in [0.29, 0.717) is 12.5 Å². The summed E-state index contributed by atoms with van der Waals surface area (Å²) in [6.45, 7) is 10.3. The van der Waals surface area contributed by atoms with E-state index in [1.165, 1.54) is 5.56 Å². The van der Waals surface area contributed by atoms with E-state index in [1.807, 2.05) is 32.2 Å². The summed E-state index contributed by atoms with van der Waals surface area (Å²) in [6, 6.07) is 6.11. The second kappa shape index (κ2) is 11.1. The van der Waals surface area contributed by atoms with Gasteiger partial charge in [-0.05, 0) is 37.8 Å². The number of halogens is 1. The van der Waals surface area contributed by atoms with Gasteiger partial charge in [-0.3, -0.25) is 4.98 Å². The van der Waals surface area contributed by atoms with Crippen LogP contribution < -0.4 is 10.6 Å². The molecular weight excluding hydrogens is 429 g/mol. The van der Waals surface area contributed by atoms with Crippen molar-refractivity contribution in [1.29, 1.82) is 0 Å². The van der Waals surface area contributed by atoms with Gasteiger partial charge in [0.1, 0.15) is 6.54 Å². The van der Waals surface area contributed by atoms with Gasteiger partial charge in [-0.1, -0.05) is 25.1 Å². The molecule has 0 saturated heterocycles. The molecule has 0 bridgehead atoms. The Kier molecular flexibility index (Phi) is 9.48. The lowest BCUT2D eigenvalue weighted by Crippen LogP contribution is -2.38. The topological polar surface area (TPSA) is 75.3 Å². The number of guanidine groups is 1. The van der Waals surface area contributed by atoms with E-state index in [2.05, 4.69) is 45.7 Å². The van der Waals surface area contributed by atoms with E-state index in [0.717, 1.165) is 42.6 Å². The van der Waals surface area contributed by atoms with E-state index in [1.54, 1.807) is 0 Å². The van der Waals surface area contributed by atoms with Crippen LogP contribution in [-0.4, -0.2) is 29.2 Å². The van der Waals surface area contributed by atoms with Crippen molar-refractivity contribution in [2.45, 2.75) is 46.6 Å². The zero-order valence-corrected chi connectivity index (χ0v) is 17.7. The molecule has 0 radical (unpaired) electrons. The van der Waals surface area contributed by atoms with Crippen molar-refractivity contribution in [3.63, 3.8) is 0 Å². The fourth-order valence-corrected chi connectivity index (χ4v) is 2.15. The van der Waals surface area contributed by atoms with E-state index in [-0.39, 0.29) is 24.0 Å². The van der Waals surface area contributed by atoms with Gasteiger partial charge in [0.25, 0.3) is 0 Å². The smallest absolute Gasteiger partial charge is 0.191 e. The van der Waals surface area contributed by atoms with Gasteiger partial charge in [0.05, 0.1) is 5.69 Å². The van der Waals surface area contributed by atoms with Crippen LogP contribution in [0.15, 0.2) is 33.9 Å². The Morgan fingerprint density at radius 1 is 1.28 bits per heavy atom. The fourth-order valence-electron chi connectivity index (χ4n) is 2.15. The van der Waals surface area contributed by atoms with Gasteiger partial charge in [0.15, 0.2) is 11.7 Å². The third-order valence-electron chi connectivity index (χ3n) is 3.58. The number of hydrogen-bond donors (Lipinski definition) is 2. The molecule has 0 aliphatic heterocycles. The summed E-state index contributed by atoms with van der Waals surface area (Å²) in [5, 5.41) is 10.6. The number of pyridine rings is 1. The maximum Gasteiger partial charge on any atom is 0.191 e. The number of aryl methyl sites for hydroxylation is 1. The summed E-state index contributed by atoms with van der Waals surface area (Å²) in [5.74, 6) is 1.92. The molecule has 2 heterocycles. The van der Waals surface area contributed by atoms with Gasteiger partial charge in [-0.25, -0.2) is 4.99 Å². The van der Waals surface area contributed by atoms with Crippen LogP contribution in [0.25, 0.3) is 0 Å². The number of aromatic nitrogens is 2. The quantitative estimate of drug-likeness (QED) is 0.379. The third kappa shape index (κ3) is 7.41. The van der Waals surface area contributed by atoms with Crippen molar-refractivity contribution >= 4 is 29.9 Å². The maximum atomic E-state index is 5.32. The first-order valence-corrected chi connectivity index (χ1v) is 8.47. The van der Waals surface area contributed by atoms with E-state index < -0.39 is 0 Å². The molecule has 0 saturated carbocycles. The second-order valence-electron chi connectivity index (χ2n) is 6.05. The molecule has 2 aromatic heterocycles. The van der Waals surface area contributed by atoms with Crippen LogP contribution in [-0.2, 0) is 13.0 Å². The predicted molar refractivity (Wildman–Crippen MR) is 112 cm³/mol. The van der Waals surface area contributed by atoms with Crippen molar-refractivity contribution in [2.75, 3.05) is 13.1 Å². The SMILES string of the molecule is CCNC(=NCc1cc(C(C)C)no1)NCCc1ccc(C)nc1.I. The Hall–Kier alpha value is -1.64. The number of nitrogens with zero attached hydrogens (tertiary/aromatic N) is 3. The number of rotatable bonds is 7. The summed E-state index contributed by atoms with van der Waals surface area (Å²) >= 11 is 0. The average Bonchev–Trinajstić information content (AvgIpc) is 3.04. The normalized spacial score (nSPS) is 11.3. The van der Waals surface area contributed by atoms with Crippen LogP contribution in [0.3, 0.4) is 0 Å². The lowest BCUT2D eigenvalue weighted by molar-refractivity contribution is 0.376. The predicted octanol–water partition coefficient (Wildman–Crippen LogP) is 3.42. The zero-order chi connectivity index (χ0) is 17.4. The van der Waals surface area contributed by atoms with Gasteiger partial charge < -0.3 is 15.2 Å². The van der Waals surface area contributed by atoms with E-state index in [9.17, 15) is 0 Å². The second-order valence-corrected chi connectivity index (χ2v) is 6.05. The van der Waals surface area contributed by atoms with E-state index >= 15 is 0 Å². The largest absolute Gasteiger partial charge is 0.359 e. The van der Waals surface area contributed by atoms with Crippen molar-refractivity contribution in [1.82, 2.24) is 20.8 Å². The molecule has 2 N–H and O–H groups in total. The third-order valence-corrected chi connectivity index (χ3v) is 3.58. The first-order valence-electron chi connectivity index (χ1n) is 8.47. The molecule has 0 atom stereocenters. The highest BCUT2D eigenvalue weighted by molar-refractivity contribution is 14.0. The van der Waals surface area contributed by atoms with Crippen molar-refractivity contribution in [2.24, 2.45) is 4.99 Å².